The number of carbonyl (C=O) groups excluding carboxylic acids is 2. The smallest absolute Gasteiger partial charge is 0.419 e. The molecule has 0 aromatic carbocycles. The molecule has 1 amide bonds. The van der Waals surface area contributed by atoms with Crippen molar-refractivity contribution in [1.29, 1.82) is 0 Å². The number of amides is 1. The normalized spacial score (nSPS) is 29.4. The van der Waals surface area contributed by atoms with Crippen molar-refractivity contribution in [3.05, 3.63) is 0 Å². The number of ether oxygens (including phenoxy) is 2. The van der Waals surface area contributed by atoms with E-state index in [1.807, 2.05) is 0 Å². The second-order valence-electron chi connectivity index (χ2n) is 6.29. The minimum absolute atomic E-state index is 0.565. The predicted molar refractivity (Wildman–Crippen MR) is 68.9 cm³/mol. The van der Waals surface area contributed by atoms with Gasteiger partial charge in [-0.2, -0.15) is 13.2 Å². The molecule has 1 fully saturated rings. The van der Waals surface area contributed by atoms with Gasteiger partial charge in [-0.25, -0.2) is 9.59 Å². The summed E-state index contributed by atoms with van der Waals surface area (Å²) >= 11 is 0. The van der Waals surface area contributed by atoms with E-state index in [-0.39, 0.29) is 0 Å². The lowest BCUT2D eigenvalue weighted by Crippen LogP contribution is -2.52. The van der Waals surface area contributed by atoms with Crippen LogP contribution < -0.4 is 0 Å². The maximum atomic E-state index is 13.1. The van der Waals surface area contributed by atoms with Gasteiger partial charge in [-0.1, -0.05) is 6.92 Å². The highest BCUT2D eigenvalue weighted by molar-refractivity contribution is 5.83. The molecule has 1 rings (SSSR count). The van der Waals surface area contributed by atoms with E-state index in [9.17, 15) is 27.9 Å². The van der Waals surface area contributed by atoms with Crippen molar-refractivity contribution in [2.24, 2.45) is 5.92 Å². The Morgan fingerprint density at radius 3 is 2.14 bits per heavy atom. The summed E-state index contributed by atoms with van der Waals surface area (Å²) in [7, 11) is 0.993. The first kappa shape index (κ1) is 18.5. The fourth-order valence-corrected chi connectivity index (χ4v) is 2.33. The Morgan fingerprint density at radius 2 is 1.77 bits per heavy atom. The number of halogens is 3. The number of rotatable bonds is 1. The maximum absolute atomic E-state index is 13.1. The maximum Gasteiger partial charge on any atom is 0.419 e. The van der Waals surface area contributed by atoms with Crippen molar-refractivity contribution in [1.82, 2.24) is 4.90 Å². The Morgan fingerprint density at radius 1 is 1.27 bits per heavy atom. The first-order valence-electron chi connectivity index (χ1n) is 6.61. The van der Waals surface area contributed by atoms with Crippen molar-refractivity contribution in [2.45, 2.75) is 51.1 Å². The largest absolute Gasteiger partial charge is 0.467 e. The molecule has 1 aliphatic heterocycles. The molecule has 1 aliphatic rings. The molecule has 1 saturated heterocycles. The second kappa shape index (κ2) is 5.60. The van der Waals surface area contributed by atoms with Crippen molar-refractivity contribution in [3.63, 3.8) is 0 Å². The number of carbonyl (C=O) groups is 2. The van der Waals surface area contributed by atoms with Gasteiger partial charge in [-0.05, 0) is 20.8 Å². The summed E-state index contributed by atoms with van der Waals surface area (Å²) in [6.07, 6.45) is -6.12. The summed E-state index contributed by atoms with van der Waals surface area (Å²) < 4.78 is 48.8. The van der Waals surface area contributed by atoms with Crippen molar-refractivity contribution in [2.75, 3.05) is 13.7 Å². The fourth-order valence-electron chi connectivity index (χ4n) is 2.33. The molecule has 0 spiro atoms. The topological polar surface area (TPSA) is 76.1 Å². The van der Waals surface area contributed by atoms with Crippen LogP contribution in [0.15, 0.2) is 0 Å². The summed E-state index contributed by atoms with van der Waals surface area (Å²) in [5.74, 6) is -2.63. The van der Waals surface area contributed by atoms with E-state index in [2.05, 4.69) is 4.74 Å². The van der Waals surface area contributed by atoms with Crippen LogP contribution >= 0.6 is 0 Å². The molecule has 3 atom stereocenters. The lowest BCUT2D eigenvalue weighted by molar-refractivity contribution is -0.266. The molecule has 0 aliphatic carbocycles. The number of β-amino-alcohol motifs (C(OH)–C–C–N with tert-alkyl or cyclic N) is 1. The van der Waals surface area contributed by atoms with Crippen LogP contribution in [0.3, 0.4) is 0 Å². The lowest BCUT2D eigenvalue weighted by atomic mass is 9.87. The van der Waals surface area contributed by atoms with E-state index in [1.165, 1.54) is 20.8 Å². The summed E-state index contributed by atoms with van der Waals surface area (Å²) in [6.45, 7) is 4.56. The van der Waals surface area contributed by atoms with Gasteiger partial charge in [0.15, 0.2) is 5.60 Å². The lowest BCUT2D eigenvalue weighted by Gasteiger charge is -2.29. The molecular weight excluding hydrogens is 307 g/mol. The van der Waals surface area contributed by atoms with Gasteiger partial charge in [-0.3, -0.25) is 4.90 Å². The Kier molecular flexibility index (Phi) is 4.72. The molecular formula is C13H20F3NO5. The van der Waals surface area contributed by atoms with E-state index in [0.717, 1.165) is 14.0 Å². The summed E-state index contributed by atoms with van der Waals surface area (Å²) in [4.78, 5) is 24.4. The van der Waals surface area contributed by atoms with Gasteiger partial charge in [0.1, 0.15) is 11.6 Å². The quantitative estimate of drug-likeness (QED) is 0.742. The Labute approximate surface area is 126 Å². The average Bonchev–Trinajstić information content (AvgIpc) is 2.60. The van der Waals surface area contributed by atoms with E-state index < -0.39 is 47.9 Å². The predicted octanol–water partition coefficient (Wildman–Crippen LogP) is 1.71. The number of alkyl halides is 3. The number of hydrogen-bond acceptors (Lipinski definition) is 5. The molecule has 128 valence electrons. The highest BCUT2D eigenvalue weighted by atomic mass is 19.4. The Balaban J connectivity index is 3.19. The molecule has 3 unspecified atom stereocenters. The van der Waals surface area contributed by atoms with Gasteiger partial charge in [0.25, 0.3) is 0 Å². The van der Waals surface area contributed by atoms with Gasteiger partial charge >= 0.3 is 18.2 Å². The highest BCUT2D eigenvalue weighted by Crippen LogP contribution is 2.45. The molecule has 1 heterocycles. The van der Waals surface area contributed by atoms with Crippen LogP contribution in [-0.4, -0.2) is 59.1 Å². The monoisotopic (exact) mass is 327 g/mol. The zero-order chi connectivity index (χ0) is 17.5. The molecule has 0 radical (unpaired) electrons. The van der Waals surface area contributed by atoms with Crippen LogP contribution in [0.4, 0.5) is 18.0 Å². The molecule has 1 N–H and O–H groups in total. The van der Waals surface area contributed by atoms with E-state index >= 15 is 0 Å². The Hall–Kier alpha value is -1.51. The summed E-state index contributed by atoms with van der Waals surface area (Å²) in [5, 5.41) is 9.95. The van der Waals surface area contributed by atoms with Crippen LogP contribution in [0.2, 0.25) is 0 Å². The number of esters is 1. The summed E-state index contributed by atoms with van der Waals surface area (Å²) in [6, 6.07) is -1.58. The fraction of sp³-hybridized carbons (Fsp3) is 0.846. The first-order valence-corrected chi connectivity index (χ1v) is 6.61. The highest BCUT2D eigenvalue weighted by Gasteiger charge is 2.67. The van der Waals surface area contributed by atoms with Crippen LogP contribution in [-0.2, 0) is 14.3 Å². The van der Waals surface area contributed by atoms with Crippen LogP contribution in [0.5, 0.6) is 0 Å². The number of nitrogens with zero attached hydrogens (tertiary/aromatic N) is 1. The number of likely N-dealkylation sites (tertiary alicyclic amines) is 1. The third kappa shape index (κ3) is 3.29. The van der Waals surface area contributed by atoms with Crippen molar-refractivity contribution < 1.29 is 37.3 Å². The molecule has 0 saturated carbocycles. The second-order valence-corrected chi connectivity index (χ2v) is 6.29. The molecule has 6 nitrogen and oxygen atoms in total. The van der Waals surface area contributed by atoms with E-state index in [0.29, 0.717) is 4.90 Å². The van der Waals surface area contributed by atoms with Gasteiger partial charge in [0.2, 0.25) is 0 Å². The van der Waals surface area contributed by atoms with Crippen LogP contribution in [0.1, 0.15) is 27.7 Å². The summed E-state index contributed by atoms with van der Waals surface area (Å²) in [5.41, 5.74) is -4.16. The molecule has 0 bridgehead atoms. The zero-order valence-electron chi connectivity index (χ0n) is 13.0. The van der Waals surface area contributed by atoms with Crippen LogP contribution in [0, 0.1) is 5.92 Å². The van der Waals surface area contributed by atoms with Crippen LogP contribution in [0.25, 0.3) is 0 Å². The van der Waals surface area contributed by atoms with E-state index in [1.54, 1.807) is 0 Å². The number of aliphatic hydroxyl groups is 1. The number of methoxy groups -OCH3 is 1. The van der Waals surface area contributed by atoms with E-state index in [4.69, 9.17) is 4.74 Å². The SMILES string of the molecule is COC(=O)C1C(C)C(O)(C(F)(F)F)CN1C(=O)OC(C)(C)C. The van der Waals surface area contributed by atoms with Crippen molar-refractivity contribution >= 4 is 12.1 Å². The minimum Gasteiger partial charge on any atom is -0.467 e. The first-order chi connectivity index (χ1) is 9.74. The molecule has 22 heavy (non-hydrogen) atoms. The minimum atomic E-state index is -5.00. The zero-order valence-corrected chi connectivity index (χ0v) is 13.0. The molecule has 9 heteroatoms. The van der Waals surface area contributed by atoms with Gasteiger partial charge < -0.3 is 14.6 Å². The van der Waals surface area contributed by atoms with Gasteiger partial charge in [0, 0.05) is 5.92 Å². The standard InChI is InChI=1S/C13H20F3NO5/c1-7-8(9(18)21-5)17(10(19)22-11(2,3)4)6-12(7,20)13(14,15)16/h7-8,20H,6H2,1-5H3. The van der Waals surface area contributed by atoms with Gasteiger partial charge in [0.05, 0.1) is 13.7 Å². The average molecular weight is 327 g/mol. The number of hydrogen-bond donors (Lipinski definition) is 1. The molecule has 0 aromatic heterocycles. The van der Waals surface area contributed by atoms with Crippen molar-refractivity contribution in [3.8, 4) is 0 Å². The Bertz CT molecular complexity index is 460. The van der Waals surface area contributed by atoms with Gasteiger partial charge in [-0.15, -0.1) is 0 Å². The third-order valence-corrected chi connectivity index (χ3v) is 3.54. The molecule has 0 aromatic rings. The third-order valence-electron chi connectivity index (χ3n) is 3.54.